The Morgan fingerprint density at radius 2 is 1.73 bits per heavy atom. The number of hydroxylamine groups is 1. The zero-order valence-corrected chi connectivity index (χ0v) is 9.62. The molecular weight excluding hydrogens is 214 g/mol. The van der Waals surface area contributed by atoms with Crippen molar-refractivity contribution in [3.8, 4) is 0 Å². The molecule has 0 N–H and O–H groups in total. The maximum Gasteiger partial charge on any atom is 0.222 e. The normalized spacial score (nSPS) is 12.0. The van der Waals surface area contributed by atoms with E-state index in [-0.39, 0.29) is 10.6 Å². The van der Waals surface area contributed by atoms with Crippen LogP contribution in [0.5, 0.6) is 0 Å². The molecule has 1 aromatic carbocycles. The second-order valence-electron chi connectivity index (χ2n) is 3.31. The highest BCUT2D eigenvalue weighted by atomic mass is 32.2. The predicted molar refractivity (Wildman–Crippen MR) is 57.2 cm³/mol. The Hall–Kier alpha value is -0.910. The van der Waals surface area contributed by atoms with Crippen LogP contribution in [-0.4, -0.2) is 21.2 Å². The van der Waals surface area contributed by atoms with E-state index in [2.05, 4.69) is 0 Å². The molecule has 0 saturated carbocycles. The first-order valence-corrected chi connectivity index (χ1v) is 6.36. The van der Waals surface area contributed by atoms with Gasteiger partial charge in [0, 0.05) is 12.1 Å². The summed E-state index contributed by atoms with van der Waals surface area (Å²) in [7, 11) is -1.80. The summed E-state index contributed by atoms with van der Waals surface area (Å²) in [4.78, 5) is 0.273. The second kappa shape index (κ2) is 4.74. The van der Waals surface area contributed by atoms with Crippen molar-refractivity contribution in [2.24, 2.45) is 0 Å². The van der Waals surface area contributed by atoms with Crippen molar-refractivity contribution < 1.29 is 13.6 Å². The monoisotopic (exact) mass is 228 g/mol. The van der Waals surface area contributed by atoms with E-state index >= 15 is 0 Å². The van der Waals surface area contributed by atoms with E-state index in [1.807, 2.05) is 6.92 Å². The number of nitrogens with zero attached hydrogens (tertiary/aromatic N) is 1. The molecule has 0 atom stereocenters. The van der Waals surface area contributed by atoms with E-state index in [1.54, 1.807) is 0 Å². The first-order valence-electron chi connectivity index (χ1n) is 4.71. The maximum atomic E-state index is 11.6. The largest absolute Gasteiger partial charge is 0.224 e. The Morgan fingerprint density at radius 1 is 1.20 bits per heavy atom. The van der Waals surface area contributed by atoms with Crippen molar-refractivity contribution in [1.29, 1.82) is 0 Å². The van der Waals surface area contributed by atoms with E-state index in [0.717, 1.165) is 0 Å². The van der Waals surface area contributed by atoms with Crippen molar-refractivity contribution in [2.75, 3.05) is 12.8 Å². The van der Waals surface area contributed by atoms with Crippen molar-refractivity contribution in [2.45, 2.75) is 18.2 Å². The summed E-state index contributed by atoms with van der Waals surface area (Å²) in [5.74, 6) is 0.138. The molecule has 5 heteroatoms. The van der Waals surface area contributed by atoms with Gasteiger partial charge in [-0.25, -0.2) is 8.42 Å². The average molecular weight is 228 g/mol. The molecule has 0 aliphatic heterocycles. The molecule has 4 nitrogen and oxygen atoms in total. The fourth-order valence-electron chi connectivity index (χ4n) is 1.25. The molecule has 0 aliphatic carbocycles. The van der Waals surface area contributed by atoms with Crippen LogP contribution in [-0.2, 0) is 15.0 Å². The van der Waals surface area contributed by atoms with Crippen molar-refractivity contribution >= 4 is 15.5 Å². The van der Waals surface area contributed by atoms with Gasteiger partial charge in [0.15, 0.2) is 16.9 Å². The third-order valence-electron chi connectivity index (χ3n) is 2.03. The Balaban J connectivity index is 2.99. The Bertz CT molecular complexity index is 409. The fraction of sp³-hybridized carbons (Fsp3) is 0.400. The van der Waals surface area contributed by atoms with E-state index in [1.165, 1.54) is 31.3 Å². The molecule has 0 aliphatic rings. The van der Waals surface area contributed by atoms with Gasteiger partial charge in [0.25, 0.3) is 0 Å². The van der Waals surface area contributed by atoms with Crippen LogP contribution in [0.1, 0.15) is 13.3 Å². The minimum Gasteiger partial charge on any atom is -0.224 e. The lowest BCUT2D eigenvalue weighted by atomic mass is 10.3. The third-order valence-corrected chi connectivity index (χ3v) is 3.97. The van der Waals surface area contributed by atoms with Gasteiger partial charge >= 0.3 is 0 Å². The number of anilines is 1. The van der Waals surface area contributed by atoms with Crippen LogP contribution in [0.25, 0.3) is 0 Å². The standard InChI is InChI=1S/C10H14NO3S/c1-3-8-15(13,14)10-6-4-9(5-7-10)11(2)12/h4-7H,3,8H2,1-2H3/q+1. The van der Waals surface area contributed by atoms with Crippen LogP contribution >= 0.6 is 0 Å². The van der Waals surface area contributed by atoms with Crippen molar-refractivity contribution in [3.05, 3.63) is 24.3 Å². The molecule has 0 amide bonds. The number of hydrogen-bond donors (Lipinski definition) is 0. The highest BCUT2D eigenvalue weighted by Crippen LogP contribution is 2.17. The minimum absolute atomic E-state index is 0.138. The lowest BCUT2D eigenvalue weighted by Crippen LogP contribution is -2.10. The van der Waals surface area contributed by atoms with Gasteiger partial charge in [0.05, 0.1) is 20.9 Å². The maximum absolute atomic E-state index is 11.6. The molecule has 0 heterocycles. The summed E-state index contributed by atoms with van der Waals surface area (Å²) in [6.45, 7) is 1.82. The van der Waals surface area contributed by atoms with Crippen LogP contribution in [0.3, 0.4) is 0 Å². The molecule has 82 valence electrons. The molecule has 0 bridgehead atoms. The van der Waals surface area contributed by atoms with Crippen molar-refractivity contribution in [3.63, 3.8) is 0 Å². The highest BCUT2D eigenvalue weighted by Gasteiger charge is 2.16. The summed E-state index contributed by atoms with van der Waals surface area (Å²) >= 11 is 0. The van der Waals surface area contributed by atoms with Crippen molar-refractivity contribution in [1.82, 2.24) is 5.06 Å². The lowest BCUT2D eigenvalue weighted by molar-refractivity contribution is 0.0122. The van der Waals surface area contributed by atoms with E-state index in [0.29, 0.717) is 17.2 Å². The summed E-state index contributed by atoms with van der Waals surface area (Å²) in [6, 6.07) is 5.95. The molecule has 15 heavy (non-hydrogen) atoms. The van der Waals surface area contributed by atoms with Gasteiger partial charge in [-0.2, -0.15) is 0 Å². The predicted octanol–water partition coefficient (Wildman–Crippen LogP) is 1.62. The lowest BCUT2D eigenvalue weighted by Gasteiger charge is -2.01. The number of sulfone groups is 1. The first kappa shape index (κ1) is 12.2. The van der Waals surface area contributed by atoms with E-state index in [9.17, 15) is 13.6 Å². The van der Waals surface area contributed by atoms with Gasteiger partial charge in [-0.05, 0) is 18.6 Å². The van der Waals surface area contributed by atoms with E-state index < -0.39 is 9.84 Å². The third kappa shape index (κ3) is 3.02. The van der Waals surface area contributed by atoms with Gasteiger partial charge < -0.3 is 0 Å². The summed E-state index contributed by atoms with van der Waals surface area (Å²) in [6.07, 6.45) is 0.589. The molecular formula is C10H14NO3S+. The topological polar surface area (TPSA) is 59.9 Å². The smallest absolute Gasteiger partial charge is 0.222 e. The van der Waals surface area contributed by atoms with Crippen LogP contribution in [0.15, 0.2) is 29.2 Å². The fourth-order valence-corrected chi connectivity index (χ4v) is 2.57. The average Bonchev–Trinajstić information content (AvgIpc) is 2.18. The molecule has 2 radical (unpaired) electrons. The molecule has 0 saturated heterocycles. The van der Waals surface area contributed by atoms with Gasteiger partial charge in [-0.15, -0.1) is 0 Å². The van der Waals surface area contributed by atoms with Gasteiger partial charge in [0.1, 0.15) is 0 Å². The zero-order valence-electron chi connectivity index (χ0n) is 8.80. The highest BCUT2D eigenvalue weighted by molar-refractivity contribution is 7.91. The van der Waals surface area contributed by atoms with Crippen LogP contribution in [0, 0.1) is 0 Å². The number of rotatable bonds is 4. The SMILES string of the molecule is CCCS(=O)(=O)c1ccc([N+](C)[O])cc1. The Kier molecular flexibility index (Phi) is 3.84. The minimum atomic E-state index is -3.17. The zero-order chi connectivity index (χ0) is 11.5. The second-order valence-corrected chi connectivity index (χ2v) is 5.42. The molecule has 0 spiro atoms. The summed E-state index contributed by atoms with van der Waals surface area (Å²) < 4.78 is 23.2. The molecule has 1 aromatic rings. The molecule has 0 aromatic heterocycles. The first-order chi connectivity index (χ1) is 6.97. The molecule has 1 rings (SSSR count). The van der Waals surface area contributed by atoms with Gasteiger partial charge in [-0.3, -0.25) is 0 Å². The Morgan fingerprint density at radius 3 is 2.13 bits per heavy atom. The van der Waals surface area contributed by atoms with Gasteiger partial charge in [0.2, 0.25) is 5.69 Å². The van der Waals surface area contributed by atoms with Crippen LogP contribution in [0.4, 0.5) is 5.69 Å². The number of hydrogen-bond acceptors (Lipinski definition) is 3. The summed E-state index contributed by atoms with van der Waals surface area (Å²) in [5.41, 5.74) is 0.449. The van der Waals surface area contributed by atoms with Crippen LogP contribution in [0.2, 0.25) is 0 Å². The van der Waals surface area contributed by atoms with Crippen LogP contribution < -0.4 is 5.06 Å². The molecule has 0 fully saturated rings. The van der Waals surface area contributed by atoms with Gasteiger partial charge in [-0.1, -0.05) is 6.92 Å². The summed E-state index contributed by atoms with van der Waals surface area (Å²) in [5, 5.41) is 11.6. The Labute approximate surface area is 90.0 Å². The molecule has 0 unspecified atom stereocenters. The van der Waals surface area contributed by atoms with E-state index in [4.69, 9.17) is 0 Å². The number of benzene rings is 1. The quantitative estimate of drug-likeness (QED) is 0.580.